The van der Waals surface area contributed by atoms with Crippen molar-refractivity contribution in [2.45, 2.75) is 38.3 Å². The second kappa shape index (κ2) is 11.0. The van der Waals surface area contributed by atoms with E-state index in [-0.39, 0.29) is 12.6 Å². The predicted molar refractivity (Wildman–Crippen MR) is 135 cm³/mol. The SMILES string of the molecule is OCC(NCc1ccccc1)C1CCNCC1CCCc1c[nH]c2ccc(-n3cnnc3)cc12. The summed E-state index contributed by atoms with van der Waals surface area (Å²) in [4.78, 5) is 3.42. The molecule has 3 unspecified atom stereocenters. The van der Waals surface area contributed by atoms with Crippen LogP contribution in [0.4, 0.5) is 0 Å². The third-order valence-electron chi connectivity index (χ3n) is 7.28. The van der Waals surface area contributed by atoms with Gasteiger partial charge in [-0.3, -0.25) is 4.57 Å². The Morgan fingerprint density at radius 3 is 2.79 bits per heavy atom. The number of aliphatic hydroxyl groups is 1. The predicted octanol–water partition coefficient (Wildman–Crippen LogP) is 3.45. The Labute approximate surface area is 200 Å². The van der Waals surface area contributed by atoms with Crippen LogP contribution in [0.3, 0.4) is 0 Å². The lowest BCUT2D eigenvalue weighted by molar-refractivity contribution is 0.127. The highest BCUT2D eigenvalue weighted by Gasteiger charge is 2.31. The number of aromatic amines is 1. The molecule has 0 bridgehead atoms. The van der Waals surface area contributed by atoms with Gasteiger partial charge >= 0.3 is 0 Å². The van der Waals surface area contributed by atoms with E-state index >= 15 is 0 Å². The van der Waals surface area contributed by atoms with Crippen LogP contribution >= 0.6 is 0 Å². The average Bonchev–Trinajstić information content (AvgIpc) is 3.56. The Morgan fingerprint density at radius 2 is 1.97 bits per heavy atom. The summed E-state index contributed by atoms with van der Waals surface area (Å²) in [6.07, 6.45) is 10.0. The van der Waals surface area contributed by atoms with Crippen LogP contribution < -0.4 is 10.6 Å². The fraction of sp³-hybridized carbons (Fsp3) is 0.407. The van der Waals surface area contributed by atoms with Crippen LogP contribution in [-0.2, 0) is 13.0 Å². The Morgan fingerprint density at radius 1 is 1.12 bits per heavy atom. The molecule has 3 atom stereocenters. The summed E-state index contributed by atoms with van der Waals surface area (Å²) in [5.74, 6) is 1.05. The minimum atomic E-state index is 0.131. The molecule has 1 aliphatic rings. The van der Waals surface area contributed by atoms with E-state index in [0.29, 0.717) is 11.8 Å². The molecular weight excluding hydrogens is 424 g/mol. The highest BCUT2D eigenvalue weighted by Crippen LogP contribution is 2.29. The zero-order chi connectivity index (χ0) is 23.2. The van der Waals surface area contributed by atoms with Crippen molar-refractivity contribution in [3.63, 3.8) is 0 Å². The molecule has 0 radical (unpaired) electrons. The number of hydrogen-bond acceptors (Lipinski definition) is 5. The van der Waals surface area contributed by atoms with Gasteiger partial charge in [0, 0.05) is 35.4 Å². The van der Waals surface area contributed by atoms with E-state index in [1.54, 1.807) is 12.7 Å². The largest absolute Gasteiger partial charge is 0.395 e. The summed E-state index contributed by atoms with van der Waals surface area (Å²) < 4.78 is 1.94. The zero-order valence-corrected chi connectivity index (χ0v) is 19.5. The number of aromatic nitrogens is 4. The molecule has 178 valence electrons. The number of benzene rings is 2. The Bertz CT molecular complexity index is 1160. The molecule has 7 heteroatoms. The van der Waals surface area contributed by atoms with E-state index in [0.717, 1.165) is 56.5 Å². The minimum Gasteiger partial charge on any atom is -0.395 e. The number of aliphatic hydroxyl groups excluding tert-OH is 1. The quantitative estimate of drug-likeness (QED) is 0.292. The van der Waals surface area contributed by atoms with Gasteiger partial charge in [0.2, 0.25) is 0 Å². The zero-order valence-electron chi connectivity index (χ0n) is 19.5. The molecule has 2 aromatic carbocycles. The van der Waals surface area contributed by atoms with Gasteiger partial charge in [-0.25, -0.2) is 0 Å². The van der Waals surface area contributed by atoms with Gasteiger partial charge in [-0.2, -0.15) is 0 Å². The monoisotopic (exact) mass is 458 g/mol. The van der Waals surface area contributed by atoms with E-state index in [9.17, 15) is 5.11 Å². The van der Waals surface area contributed by atoms with E-state index in [1.165, 1.54) is 16.5 Å². The van der Waals surface area contributed by atoms with Crippen molar-refractivity contribution in [1.82, 2.24) is 30.4 Å². The smallest absolute Gasteiger partial charge is 0.123 e. The Hall–Kier alpha value is -3.00. The van der Waals surface area contributed by atoms with E-state index < -0.39 is 0 Å². The third kappa shape index (κ3) is 5.22. The molecule has 7 nitrogen and oxygen atoms in total. The molecule has 0 spiro atoms. The Balaban J connectivity index is 1.21. The first kappa shape index (κ1) is 22.8. The van der Waals surface area contributed by atoms with Gasteiger partial charge < -0.3 is 20.7 Å². The number of aryl methyl sites for hydroxylation is 1. The summed E-state index contributed by atoms with van der Waals surface area (Å²) in [5.41, 5.74) is 4.85. The first-order valence-electron chi connectivity index (χ1n) is 12.4. The van der Waals surface area contributed by atoms with Crippen LogP contribution in [0.1, 0.15) is 30.4 Å². The number of H-pyrrole nitrogens is 1. The molecular formula is C27H34N6O. The molecule has 34 heavy (non-hydrogen) atoms. The van der Waals surface area contributed by atoms with Crippen molar-refractivity contribution >= 4 is 10.9 Å². The highest BCUT2D eigenvalue weighted by molar-refractivity contribution is 5.85. The van der Waals surface area contributed by atoms with Gasteiger partial charge in [0.15, 0.2) is 0 Å². The number of nitrogens with zero attached hydrogens (tertiary/aromatic N) is 3. The number of fused-ring (bicyclic) bond motifs is 1. The number of nitrogens with one attached hydrogen (secondary N) is 3. The summed E-state index contributed by atoms with van der Waals surface area (Å²) in [5, 5.41) is 26.5. The highest BCUT2D eigenvalue weighted by atomic mass is 16.3. The molecule has 5 rings (SSSR count). The maximum Gasteiger partial charge on any atom is 0.123 e. The topological polar surface area (TPSA) is 90.8 Å². The van der Waals surface area contributed by atoms with E-state index in [4.69, 9.17) is 0 Å². The van der Waals surface area contributed by atoms with Crippen LogP contribution in [0.5, 0.6) is 0 Å². The van der Waals surface area contributed by atoms with Crippen LogP contribution in [0.15, 0.2) is 67.4 Å². The maximum atomic E-state index is 10.2. The number of piperidine rings is 1. The number of rotatable bonds is 10. The lowest BCUT2D eigenvalue weighted by Crippen LogP contribution is -2.48. The fourth-order valence-electron chi connectivity index (χ4n) is 5.41. The van der Waals surface area contributed by atoms with Crippen molar-refractivity contribution in [2.75, 3.05) is 19.7 Å². The van der Waals surface area contributed by atoms with E-state index in [2.05, 4.69) is 74.5 Å². The van der Waals surface area contributed by atoms with Gasteiger partial charge in [-0.05, 0) is 79.9 Å². The summed E-state index contributed by atoms with van der Waals surface area (Å²) in [7, 11) is 0. The molecule has 1 fully saturated rings. The lowest BCUT2D eigenvalue weighted by Gasteiger charge is -2.37. The summed E-state index contributed by atoms with van der Waals surface area (Å²) in [6.45, 7) is 3.04. The second-order valence-corrected chi connectivity index (χ2v) is 9.38. The fourth-order valence-corrected chi connectivity index (χ4v) is 5.41. The van der Waals surface area contributed by atoms with Crippen molar-refractivity contribution < 1.29 is 5.11 Å². The molecule has 1 aliphatic heterocycles. The molecule has 0 saturated carbocycles. The molecule has 3 heterocycles. The van der Waals surface area contributed by atoms with Gasteiger partial charge in [0.25, 0.3) is 0 Å². The van der Waals surface area contributed by atoms with E-state index in [1.807, 2.05) is 10.6 Å². The van der Waals surface area contributed by atoms with Crippen LogP contribution in [-0.4, -0.2) is 50.6 Å². The first-order chi connectivity index (χ1) is 16.8. The summed E-state index contributed by atoms with van der Waals surface area (Å²) in [6, 6.07) is 17.0. The third-order valence-corrected chi connectivity index (χ3v) is 7.28. The van der Waals surface area contributed by atoms with Crippen molar-refractivity contribution in [1.29, 1.82) is 0 Å². The van der Waals surface area contributed by atoms with Gasteiger partial charge in [0.1, 0.15) is 12.7 Å². The maximum absolute atomic E-state index is 10.2. The molecule has 4 N–H and O–H groups in total. The molecule has 0 amide bonds. The van der Waals surface area contributed by atoms with Crippen molar-refractivity contribution in [2.24, 2.45) is 11.8 Å². The van der Waals surface area contributed by atoms with Crippen molar-refractivity contribution in [3.05, 3.63) is 78.5 Å². The molecule has 4 aromatic rings. The van der Waals surface area contributed by atoms with Crippen LogP contribution in [0.2, 0.25) is 0 Å². The molecule has 1 saturated heterocycles. The van der Waals surface area contributed by atoms with Crippen LogP contribution in [0, 0.1) is 11.8 Å². The van der Waals surface area contributed by atoms with Gasteiger partial charge in [-0.1, -0.05) is 30.3 Å². The van der Waals surface area contributed by atoms with Crippen molar-refractivity contribution in [3.8, 4) is 5.69 Å². The summed E-state index contributed by atoms with van der Waals surface area (Å²) >= 11 is 0. The first-order valence-corrected chi connectivity index (χ1v) is 12.4. The Kier molecular flexibility index (Phi) is 7.34. The lowest BCUT2D eigenvalue weighted by atomic mass is 9.78. The van der Waals surface area contributed by atoms with Crippen LogP contribution in [0.25, 0.3) is 16.6 Å². The second-order valence-electron chi connectivity index (χ2n) is 9.38. The average molecular weight is 459 g/mol. The number of hydrogen-bond donors (Lipinski definition) is 4. The minimum absolute atomic E-state index is 0.131. The molecule has 0 aliphatic carbocycles. The van der Waals surface area contributed by atoms with Gasteiger partial charge in [0.05, 0.1) is 6.61 Å². The standard InChI is InChI=1S/C27H34N6O/c34-17-27(29-14-20-5-2-1-3-6-20)24-11-12-28-15-21(24)7-4-8-22-16-30-26-10-9-23(13-25(22)26)33-18-31-32-19-33/h1-3,5-6,9-10,13,16,18-19,21,24,27-30,34H,4,7-8,11-12,14-15,17H2. The molecule has 2 aromatic heterocycles. The normalized spacial score (nSPS) is 19.4. The van der Waals surface area contributed by atoms with Gasteiger partial charge in [-0.15, -0.1) is 10.2 Å².